The summed E-state index contributed by atoms with van der Waals surface area (Å²) in [6, 6.07) is 2.13. The van der Waals surface area contributed by atoms with Crippen LogP contribution in [0, 0.1) is 22.9 Å². The third-order valence-corrected chi connectivity index (χ3v) is 2.84. The van der Waals surface area contributed by atoms with E-state index in [-0.39, 0.29) is 28.3 Å². The molecule has 1 N–H and O–H groups in total. The smallest absolute Gasteiger partial charge is 0.295 e. The molecule has 9 heteroatoms. The summed E-state index contributed by atoms with van der Waals surface area (Å²) >= 11 is 2.97. The van der Waals surface area contributed by atoms with Crippen molar-refractivity contribution in [3.05, 3.63) is 44.3 Å². The highest BCUT2D eigenvalue weighted by Crippen LogP contribution is 2.30. The summed E-state index contributed by atoms with van der Waals surface area (Å²) in [5.74, 6) is 0.0460. The molecule has 0 saturated heterocycles. The number of aromatic nitrogens is 2. The Morgan fingerprint density at radius 1 is 1.58 bits per heavy atom. The van der Waals surface area contributed by atoms with Crippen molar-refractivity contribution in [3.63, 3.8) is 0 Å². The molecule has 0 amide bonds. The van der Waals surface area contributed by atoms with E-state index in [2.05, 4.69) is 31.4 Å². The van der Waals surface area contributed by atoms with Gasteiger partial charge in [-0.2, -0.15) is 4.98 Å². The van der Waals surface area contributed by atoms with Crippen LogP contribution in [0.4, 0.5) is 15.8 Å². The number of rotatable bonds is 4. The topological polar surface area (TPSA) is 94.1 Å². The lowest BCUT2D eigenvalue weighted by atomic mass is 10.2. The summed E-state index contributed by atoms with van der Waals surface area (Å²) < 4.78 is 18.3. The van der Waals surface area contributed by atoms with Gasteiger partial charge >= 0.3 is 0 Å². The van der Waals surface area contributed by atoms with Crippen LogP contribution in [-0.4, -0.2) is 15.1 Å². The molecule has 0 bridgehead atoms. The first-order valence-electron chi connectivity index (χ1n) is 5.14. The Morgan fingerprint density at radius 2 is 2.32 bits per heavy atom. The molecule has 2 aromatic rings. The van der Waals surface area contributed by atoms with E-state index in [1.165, 1.54) is 6.07 Å². The van der Waals surface area contributed by atoms with Crippen LogP contribution >= 0.6 is 15.9 Å². The molecule has 100 valence electrons. The van der Waals surface area contributed by atoms with E-state index in [9.17, 15) is 14.5 Å². The van der Waals surface area contributed by atoms with Gasteiger partial charge in [0.2, 0.25) is 5.89 Å². The van der Waals surface area contributed by atoms with Gasteiger partial charge < -0.3 is 9.84 Å². The Kier molecular flexibility index (Phi) is 3.74. The molecule has 19 heavy (non-hydrogen) atoms. The van der Waals surface area contributed by atoms with Gasteiger partial charge in [-0.25, -0.2) is 4.39 Å². The molecular formula is C10H8BrFN4O3. The van der Waals surface area contributed by atoms with Gasteiger partial charge in [0, 0.05) is 0 Å². The summed E-state index contributed by atoms with van der Waals surface area (Å²) in [5, 5.41) is 17.2. The number of halogens is 2. The number of nitro groups is 1. The second-order valence-electron chi connectivity index (χ2n) is 3.63. The molecule has 1 heterocycles. The van der Waals surface area contributed by atoms with Gasteiger partial charge in [-0.1, -0.05) is 5.16 Å². The van der Waals surface area contributed by atoms with Crippen molar-refractivity contribution in [3.8, 4) is 0 Å². The second-order valence-corrected chi connectivity index (χ2v) is 4.48. The van der Waals surface area contributed by atoms with Crippen molar-refractivity contribution < 1.29 is 13.8 Å². The van der Waals surface area contributed by atoms with Crippen molar-refractivity contribution in [2.24, 2.45) is 0 Å². The zero-order valence-corrected chi connectivity index (χ0v) is 11.3. The third kappa shape index (κ3) is 3.05. The summed E-state index contributed by atoms with van der Waals surface area (Å²) in [7, 11) is 0. The van der Waals surface area contributed by atoms with Gasteiger partial charge in [-0.3, -0.25) is 10.1 Å². The molecule has 1 aromatic heterocycles. The molecule has 0 fully saturated rings. The average molecular weight is 331 g/mol. The minimum Gasteiger partial charge on any atom is -0.371 e. The van der Waals surface area contributed by atoms with Crippen molar-refractivity contribution in [2.45, 2.75) is 13.5 Å². The molecule has 0 atom stereocenters. The van der Waals surface area contributed by atoms with E-state index < -0.39 is 10.7 Å². The molecule has 0 unspecified atom stereocenters. The minimum atomic E-state index is -0.703. The van der Waals surface area contributed by atoms with E-state index in [0.717, 1.165) is 6.07 Å². The normalized spacial score (nSPS) is 10.5. The molecule has 0 radical (unpaired) electrons. The highest BCUT2D eigenvalue weighted by atomic mass is 79.9. The number of nitrogens with zero attached hydrogens (tertiary/aromatic N) is 3. The van der Waals surface area contributed by atoms with Gasteiger partial charge in [0.1, 0.15) is 11.5 Å². The molecule has 1 aromatic carbocycles. The molecule has 0 spiro atoms. The van der Waals surface area contributed by atoms with Crippen LogP contribution in [0.2, 0.25) is 0 Å². The van der Waals surface area contributed by atoms with Gasteiger partial charge in [0.25, 0.3) is 5.69 Å². The summed E-state index contributed by atoms with van der Waals surface area (Å²) in [6.45, 7) is 1.77. The van der Waals surface area contributed by atoms with E-state index in [1.54, 1.807) is 6.92 Å². The lowest BCUT2D eigenvalue weighted by Crippen LogP contribution is -2.03. The van der Waals surface area contributed by atoms with E-state index >= 15 is 0 Å². The van der Waals surface area contributed by atoms with Crippen molar-refractivity contribution in [1.82, 2.24) is 10.1 Å². The van der Waals surface area contributed by atoms with E-state index in [1.807, 2.05) is 0 Å². The Balaban J connectivity index is 2.23. The number of benzene rings is 1. The Bertz CT molecular complexity index is 631. The van der Waals surface area contributed by atoms with Crippen LogP contribution in [-0.2, 0) is 6.54 Å². The van der Waals surface area contributed by atoms with Crippen molar-refractivity contribution in [2.75, 3.05) is 5.32 Å². The molecule has 2 rings (SSSR count). The summed E-state index contributed by atoms with van der Waals surface area (Å²) in [6.07, 6.45) is 0. The maximum absolute atomic E-state index is 13.3. The monoisotopic (exact) mass is 330 g/mol. The molecule has 7 nitrogen and oxygen atoms in total. The highest BCUT2D eigenvalue weighted by Gasteiger charge is 2.18. The number of nitrogens with one attached hydrogen (secondary N) is 1. The van der Waals surface area contributed by atoms with Crippen molar-refractivity contribution in [1.29, 1.82) is 0 Å². The fourth-order valence-corrected chi connectivity index (χ4v) is 1.76. The minimum absolute atomic E-state index is 0.111. The predicted octanol–water partition coefficient (Wildman–Crippen LogP) is 2.80. The lowest BCUT2D eigenvalue weighted by Gasteiger charge is -2.05. The molecular weight excluding hydrogens is 323 g/mol. The van der Waals surface area contributed by atoms with Gasteiger partial charge in [0.15, 0.2) is 5.82 Å². The summed E-state index contributed by atoms with van der Waals surface area (Å²) in [4.78, 5) is 14.1. The average Bonchev–Trinajstić information content (AvgIpc) is 2.76. The van der Waals surface area contributed by atoms with Gasteiger partial charge in [-0.15, -0.1) is 0 Å². The Hall–Kier alpha value is -2.03. The number of anilines is 1. The van der Waals surface area contributed by atoms with Crippen LogP contribution in [0.1, 0.15) is 11.7 Å². The maximum Gasteiger partial charge on any atom is 0.295 e. The first kappa shape index (κ1) is 13.4. The zero-order valence-electron chi connectivity index (χ0n) is 9.68. The summed E-state index contributed by atoms with van der Waals surface area (Å²) in [5.41, 5.74) is -0.203. The zero-order chi connectivity index (χ0) is 14.0. The standard InChI is InChI=1S/C10H8BrFN4O3/c1-5-14-10(19-15-5)4-13-8-2-6(11)7(12)3-9(8)16(17)18/h2-3,13H,4H2,1H3. The number of hydrogen-bond donors (Lipinski definition) is 1. The van der Waals surface area contributed by atoms with Crippen LogP contribution in [0.3, 0.4) is 0 Å². The third-order valence-electron chi connectivity index (χ3n) is 2.24. The largest absolute Gasteiger partial charge is 0.371 e. The number of aryl methyl sites for hydroxylation is 1. The van der Waals surface area contributed by atoms with Crippen LogP contribution in [0.5, 0.6) is 0 Å². The first-order chi connectivity index (χ1) is 8.97. The van der Waals surface area contributed by atoms with Crippen molar-refractivity contribution >= 4 is 27.3 Å². The second kappa shape index (κ2) is 5.31. The quantitative estimate of drug-likeness (QED) is 0.684. The van der Waals surface area contributed by atoms with Crippen LogP contribution in [0.25, 0.3) is 0 Å². The predicted molar refractivity (Wildman–Crippen MR) is 67.1 cm³/mol. The fourth-order valence-electron chi connectivity index (χ4n) is 1.41. The number of nitro benzene ring substituents is 1. The lowest BCUT2D eigenvalue weighted by molar-refractivity contribution is -0.384. The van der Waals surface area contributed by atoms with Gasteiger partial charge in [-0.05, 0) is 28.9 Å². The molecule has 0 aliphatic carbocycles. The Labute approximate surface area is 115 Å². The molecule has 0 aliphatic rings. The number of hydrogen-bond acceptors (Lipinski definition) is 6. The van der Waals surface area contributed by atoms with Crippen LogP contribution in [0.15, 0.2) is 21.1 Å². The SMILES string of the molecule is Cc1noc(CNc2cc(Br)c(F)cc2[N+](=O)[O-])n1. The van der Waals surface area contributed by atoms with E-state index in [4.69, 9.17) is 4.52 Å². The Morgan fingerprint density at radius 3 is 2.89 bits per heavy atom. The van der Waals surface area contributed by atoms with Gasteiger partial charge in [0.05, 0.1) is 22.0 Å². The molecule has 0 saturated carbocycles. The fraction of sp³-hybridized carbons (Fsp3) is 0.200. The highest BCUT2D eigenvalue weighted by molar-refractivity contribution is 9.10. The molecule has 0 aliphatic heterocycles. The maximum atomic E-state index is 13.3. The first-order valence-corrected chi connectivity index (χ1v) is 5.93. The van der Waals surface area contributed by atoms with E-state index in [0.29, 0.717) is 5.82 Å². The van der Waals surface area contributed by atoms with Crippen LogP contribution < -0.4 is 5.32 Å².